The minimum absolute atomic E-state index is 0.232. The minimum Gasteiger partial charge on any atom is -0.444 e. The fourth-order valence-corrected chi connectivity index (χ4v) is 3.40. The van der Waals surface area contributed by atoms with Crippen molar-refractivity contribution in [3.63, 3.8) is 0 Å². The van der Waals surface area contributed by atoms with Gasteiger partial charge in [-0.15, -0.1) is 0 Å². The maximum Gasteiger partial charge on any atom is 0.408 e. The number of hydrogen-bond donors (Lipinski definition) is 2. The largest absolute Gasteiger partial charge is 0.444 e. The van der Waals surface area contributed by atoms with Crippen LogP contribution < -0.4 is 5.32 Å². The number of halogens is 1. The third-order valence-electron chi connectivity index (χ3n) is 4.17. The third kappa shape index (κ3) is 4.73. The number of fused-ring (bicyclic) bond motifs is 1. The van der Waals surface area contributed by atoms with Crippen LogP contribution in [0.3, 0.4) is 0 Å². The van der Waals surface area contributed by atoms with E-state index in [2.05, 4.69) is 26.2 Å². The maximum absolute atomic E-state index is 12.3. The molecule has 1 saturated heterocycles. The van der Waals surface area contributed by atoms with Gasteiger partial charge in [0.15, 0.2) is 0 Å². The first-order valence-electron chi connectivity index (χ1n) is 8.54. The Bertz CT molecular complexity index is 748. The summed E-state index contributed by atoms with van der Waals surface area (Å²) >= 11 is 3.47. The van der Waals surface area contributed by atoms with Crippen LogP contribution in [0.2, 0.25) is 0 Å². The highest BCUT2D eigenvalue weighted by Gasteiger charge is 2.31. The summed E-state index contributed by atoms with van der Waals surface area (Å²) in [4.78, 5) is 20.4. The van der Waals surface area contributed by atoms with Crippen molar-refractivity contribution in [3.8, 4) is 0 Å². The molecule has 1 fully saturated rings. The van der Waals surface area contributed by atoms with Gasteiger partial charge in [-0.3, -0.25) is 0 Å². The molecule has 0 unspecified atom stereocenters. The summed E-state index contributed by atoms with van der Waals surface area (Å²) < 4.78 is 11.9. The molecular formula is C18H24BrN3O3. The molecule has 0 bridgehead atoms. The Labute approximate surface area is 155 Å². The van der Waals surface area contributed by atoms with Gasteiger partial charge in [-0.2, -0.15) is 0 Å². The summed E-state index contributed by atoms with van der Waals surface area (Å²) in [6.45, 7) is 6.96. The number of aromatic amines is 1. The Hall–Kier alpha value is -1.60. The molecule has 7 heteroatoms. The summed E-state index contributed by atoms with van der Waals surface area (Å²) in [5, 5.41) is 3.01. The molecule has 25 heavy (non-hydrogen) atoms. The molecule has 2 heterocycles. The van der Waals surface area contributed by atoms with Crippen LogP contribution in [-0.4, -0.2) is 34.9 Å². The number of nitrogens with zero attached hydrogens (tertiary/aromatic N) is 1. The van der Waals surface area contributed by atoms with Gasteiger partial charge >= 0.3 is 6.09 Å². The molecule has 1 aromatic heterocycles. The molecule has 0 spiro atoms. The fourth-order valence-electron chi connectivity index (χ4n) is 3.04. The monoisotopic (exact) mass is 409 g/mol. The highest BCUT2D eigenvalue weighted by Crippen LogP contribution is 2.30. The van der Waals surface area contributed by atoms with Crippen molar-refractivity contribution < 1.29 is 14.3 Å². The first-order chi connectivity index (χ1) is 11.8. The average Bonchev–Trinajstić information content (AvgIpc) is 2.94. The predicted molar refractivity (Wildman–Crippen MR) is 99.4 cm³/mol. The molecule has 0 saturated carbocycles. The van der Waals surface area contributed by atoms with Crippen molar-refractivity contribution in [2.75, 3.05) is 13.2 Å². The number of alkyl carbamates (subject to hydrolysis) is 1. The molecule has 1 aliphatic heterocycles. The molecule has 1 atom stereocenters. The number of nitrogens with one attached hydrogen (secondary N) is 2. The number of amides is 1. The maximum atomic E-state index is 12.3. The summed E-state index contributed by atoms with van der Waals surface area (Å²) in [5.41, 5.74) is 1.27. The van der Waals surface area contributed by atoms with E-state index in [1.54, 1.807) is 0 Å². The van der Waals surface area contributed by atoms with E-state index in [-0.39, 0.29) is 12.0 Å². The van der Waals surface area contributed by atoms with Crippen LogP contribution in [0.25, 0.3) is 11.0 Å². The lowest BCUT2D eigenvalue weighted by molar-refractivity contribution is 0.0340. The van der Waals surface area contributed by atoms with Crippen molar-refractivity contribution in [2.24, 2.45) is 5.92 Å². The number of carbonyl (C=O) groups is 1. The lowest BCUT2D eigenvalue weighted by Gasteiger charge is -2.30. The standard InChI is InChI=1S/C18H24BrN3O3/c1-18(2,3)25-17(23)22-15(11-6-8-24-9-7-11)16-20-13-5-4-12(19)10-14(13)21-16/h4-5,10-11,15H,6-9H2,1-3H3,(H,20,21)(H,22,23)/t15-/m1/s1. The molecule has 1 aliphatic rings. The minimum atomic E-state index is -0.539. The van der Waals surface area contributed by atoms with E-state index in [0.29, 0.717) is 13.2 Å². The number of H-pyrrole nitrogens is 1. The van der Waals surface area contributed by atoms with Crippen molar-refractivity contribution in [1.29, 1.82) is 0 Å². The van der Waals surface area contributed by atoms with Crippen LogP contribution in [0.15, 0.2) is 22.7 Å². The van der Waals surface area contributed by atoms with Gasteiger partial charge in [0.25, 0.3) is 0 Å². The summed E-state index contributed by atoms with van der Waals surface area (Å²) in [6.07, 6.45) is 1.33. The molecule has 1 aromatic carbocycles. The predicted octanol–water partition coefficient (Wildman–Crippen LogP) is 4.32. The normalized spacial score (nSPS) is 17.4. The van der Waals surface area contributed by atoms with Crippen molar-refractivity contribution in [2.45, 2.75) is 45.3 Å². The summed E-state index contributed by atoms with van der Waals surface area (Å²) in [7, 11) is 0. The van der Waals surface area contributed by atoms with Crippen LogP contribution in [0, 0.1) is 5.92 Å². The third-order valence-corrected chi connectivity index (χ3v) is 4.66. The molecule has 2 aromatic rings. The first kappa shape index (κ1) is 18.2. The van der Waals surface area contributed by atoms with Gasteiger partial charge in [-0.05, 0) is 57.7 Å². The van der Waals surface area contributed by atoms with Crippen LogP contribution in [0.5, 0.6) is 0 Å². The molecule has 0 radical (unpaired) electrons. The Balaban J connectivity index is 1.87. The first-order valence-corrected chi connectivity index (χ1v) is 9.33. The second kappa shape index (κ2) is 7.33. The van der Waals surface area contributed by atoms with Crippen LogP contribution in [0.1, 0.15) is 45.5 Å². The van der Waals surface area contributed by atoms with E-state index in [4.69, 9.17) is 14.5 Å². The van der Waals surface area contributed by atoms with Crippen LogP contribution >= 0.6 is 15.9 Å². The van der Waals surface area contributed by atoms with E-state index < -0.39 is 11.7 Å². The van der Waals surface area contributed by atoms with Crippen molar-refractivity contribution >= 4 is 33.1 Å². The quantitative estimate of drug-likeness (QED) is 0.791. The second-order valence-corrected chi connectivity index (χ2v) is 8.27. The highest BCUT2D eigenvalue weighted by molar-refractivity contribution is 9.10. The van der Waals surface area contributed by atoms with E-state index in [1.807, 2.05) is 39.0 Å². The SMILES string of the molecule is CC(C)(C)OC(=O)N[C@@H](c1nc2ccc(Br)cc2[nH]1)C1CCOCC1. The highest BCUT2D eigenvalue weighted by atomic mass is 79.9. The number of aromatic nitrogens is 2. The number of rotatable bonds is 3. The van der Waals surface area contributed by atoms with Crippen LogP contribution in [0.4, 0.5) is 4.79 Å². The number of benzene rings is 1. The zero-order chi connectivity index (χ0) is 18.0. The topological polar surface area (TPSA) is 76.2 Å². The molecule has 136 valence electrons. The molecule has 1 amide bonds. The molecule has 2 N–H and O–H groups in total. The van der Waals surface area contributed by atoms with E-state index >= 15 is 0 Å². The van der Waals surface area contributed by atoms with Gasteiger partial charge < -0.3 is 19.8 Å². The summed E-state index contributed by atoms with van der Waals surface area (Å²) in [6, 6.07) is 5.66. The van der Waals surface area contributed by atoms with Gasteiger partial charge in [0.1, 0.15) is 11.4 Å². The smallest absolute Gasteiger partial charge is 0.408 e. The van der Waals surface area contributed by atoms with Gasteiger partial charge in [-0.1, -0.05) is 15.9 Å². The zero-order valence-corrected chi connectivity index (χ0v) is 16.4. The van der Waals surface area contributed by atoms with Crippen molar-refractivity contribution in [1.82, 2.24) is 15.3 Å². The van der Waals surface area contributed by atoms with Crippen molar-refractivity contribution in [3.05, 3.63) is 28.5 Å². The number of ether oxygens (including phenoxy) is 2. The Morgan fingerprint density at radius 1 is 1.40 bits per heavy atom. The molecule has 3 rings (SSSR count). The fraction of sp³-hybridized carbons (Fsp3) is 0.556. The lowest BCUT2D eigenvalue weighted by Crippen LogP contribution is -2.39. The van der Waals surface area contributed by atoms with E-state index in [1.165, 1.54) is 0 Å². The van der Waals surface area contributed by atoms with E-state index in [9.17, 15) is 4.79 Å². The Kier molecular flexibility index (Phi) is 5.34. The molecule has 6 nitrogen and oxygen atoms in total. The van der Waals surface area contributed by atoms with Gasteiger partial charge in [0.05, 0.1) is 17.1 Å². The van der Waals surface area contributed by atoms with Gasteiger partial charge in [0, 0.05) is 17.7 Å². The zero-order valence-electron chi connectivity index (χ0n) is 14.8. The van der Waals surface area contributed by atoms with Crippen LogP contribution in [-0.2, 0) is 9.47 Å². The summed E-state index contributed by atoms with van der Waals surface area (Å²) in [5.74, 6) is 1.01. The Morgan fingerprint density at radius 3 is 2.80 bits per heavy atom. The number of carbonyl (C=O) groups excluding carboxylic acids is 1. The van der Waals surface area contributed by atoms with E-state index in [0.717, 1.165) is 34.2 Å². The molecule has 0 aliphatic carbocycles. The number of imidazole rings is 1. The number of hydrogen-bond acceptors (Lipinski definition) is 4. The second-order valence-electron chi connectivity index (χ2n) is 7.36. The van der Waals surface area contributed by atoms with Gasteiger partial charge in [-0.25, -0.2) is 9.78 Å². The van der Waals surface area contributed by atoms with Gasteiger partial charge in [0.2, 0.25) is 0 Å². The lowest BCUT2D eigenvalue weighted by atomic mass is 9.91. The Morgan fingerprint density at radius 2 is 2.12 bits per heavy atom. The average molecular weight is 410 g/mol. The molecular weight excluding hydrogens is 386 g/mol.